The highest BCUT2D eigenvalue weighted by Crippen LogP contribution is 2.25. The van der Waals surface area contributed by atoms with Gasteiger partial charge < -0.3 is 4.74 Å². The summed E-state index contributed by atoms with van der Waals surface area (Å²) in [6.07, 6.45) is 6.05. The predicted molar refractivity (Wildman–Crippen MR) is 103 cm³/mol. The van der Waals surface area contributed by atoms with Crippen LogP contribution >= 0.6 is 0 Å². The van der Waals surface area contributed by atoms with Crippen molar-refractivity contribution in [3.05, 3.63) is 90.3 Å². The highest BCUT2D eigenvalue weighted by molar-refractivity contribution is 5.87. The zero-order valence-electron chi connectivity index (χ0n) is 14.0. The summed E-state index contributed by atoms with van der Waals surface area (Å²) in [6.45, 7) is 0. The fraction of sp³-hybridized carbons (Fsp3) is 0.0455. The number of hydrogen-bond acceptors (Lipinski definition) is 2. The molecule has 0 N–H and O–H groups in total. The Bertz CT molecular complexity index is 1020. The Morgan fingerprint density at radius 3 is 2.44 bits per heavy atom. The molecule has 0 fully saturated rings. The zero-order valence-corrected chi connectivity index (χ0v) is 14.0. The molecule has 2 aromatic heterocycles. The Balaban J connectivity index is 1.79. The predicted octanol–water partition coefficient (Wildman–Crippen LogP) is 5.20. The second kappa shape index (κ2) is 6.65. The van der Waals surface area contributed by atoms with E-state index in [1.807, 2.05) is 48.7 Å². The van der Waals surface area contributed by atoms with Gasteiger partial charge in [-0.25, -0.2) is 4.98 Å². The largest absolute Gasteiger partial charge is 0.497 e. The summed E-state index contributed by atoms with van der Waals surface area (Å²) in [6, 6.07) is 24.5. The van der Waals surface area contributed by atoms with Crippen LogP contribution in [0.4, 0.5) is 0 Å². The van der Waals surface area contributed by atoms with Crippen molar-refractivity contribution >= 4 is 23.1 Å². The smallest absolute Gasteiger partial charge is 0.137 e. The van der Waals surface area contributed by atoms with E-state index in [0.29, 0.717) is 0 Å². The molecule has 0 aliphatic heterocycles. The summed E-state index contributed by atoms with van der Waals surface area (Å²) in [5.74, 6) is 1.78. The van der Waals surface area contributed by atoms with Gasteiger partial charge in [-0.1, -0.05) is 42.5 Å². The molecule has 0 saturated carbocycles. The van der Waals surface area contributed by atoms with Crippen LogP contribution in [0, 0.1) is 0 Å². The summed E-state index contributed by atoms with van der Waals surface area (Å²) < 4.78 is 7.39. The van der Waals surface area contributed by atoms with Gasteiger partial charge in [0, 0.05) is 17.3 Å². The summed E-state index contributed by atoms with van der Waals surface area (Å²) in [5, 5.41) is 1.20. The minimum absolute atomic E-state index is 0.861. The van der Waals surface area contributed by atoms with Gasteiger partial charge in [-0.15, -0.1) is 0 Å². The molecule has 2 heterocycles. The van der Waals surface area contributed by atoms with Crippen LogP contribution < -0.4 is 4.74 Å². The molecule has 4 rings (SSSR count). The van der Waals surface area contributed by atoms with Crippen LogP contribution in [-0.2, 0) is 0 Å². The van der Waals surface area contributed by atoms with Crippen LogP contribution in [0.2, 0.25) is 0 Å². The second-order valence-electron chi connectivity index (χ2n) is 5.76. The lowest BCUT2D eigenvalue weighted by Gasteiger charge is -2.07. The molecule has 0 unspecified atom stereocenters. The fourth-order valence-corrected chi connectivity index (χ4v) is 2.94. The highest BCUT2D eigenvalue weighted by atomic mass is 16.5. The Hall–Kier alpha value is -3.33. The van der Waals surface area contributed by atoms with Gasteiger partial charge in [-0.2, -0.15) is 0 Å². The van der Waals surface area contributed by atoms with Crippen LogP contribution in [-0.4, -0.2) is 16.7 Å². The summed E-state index contributed by atoms with van der Waals surface area (Å²) in [5.41, 5.74) is 3.37. The van der Waals surface area contributed by atoms with E-state index in [0.717, 1.165) is 28.3 Å². The van der Waals surface area contributed by atoms with Crippen molar-refractivity contribution in [3.63, 3.8) is 0 Å². The van der Waals surface area contributed by atoms with Gasteiger partial charge in [0.15, 0.2) is 0 Å². The molecule has 0 radical (unpaired) electrons. The zero-order chi connectivity index (χ0) is 17.1. The van der Waals surface area contributed by atoms with Crippen LogP contribution in [0.3, 0.4) is 0 Å². The van der Waals surface area contributed by atoms with Crippen LogP contribution in [0.5, 0.6) is 5.75 Å². The number of hydrogen-bond donors (Lipinski definition) is 0. The van der Waals surface area contributed by atoms with E-state index in [9.17, 15) is 0 Å². The van der Waals surface area contributed by atoms with Gasteiger partial charge in [0.2, 0.25) is 0 Å². The molecular weight excluding hydrogens is 308 g/mol. The average molecular weight is 326 g/mol. The highest BCUT2D eigenvalue weighted by Gasteiger charge is 2.08. The van der Waals surface area contributed by atoms with Gasteiger partial charge in [-0.3, -0.25) is 4.57 Å². The molecular formula is C22H18N2O. The normalized spacial score (nSPS) is 11.2. The first-order chi connectivity index (χ1) is 12.3. The third-order valence-corrected chi connectivity index (χ3v) is 4.18. The van der Waals surface area contributed by atoms with Crippen molar-refractivity contribution in [2.45, 2.75) is 0 Å². The molecule has 0 amide bonds. The fourth-order valence-electron chi connectivity index (χ4n) is 2.94. The van der Waals surface area contributed by atoms with Crippen molar-refractivity contribution in [3.8, 4) is 11.6 Å². The molecule has 0 saturated heterocycles. The second-order valence-corrected chi connectivity index (χ2v) is 5.76. The Labute approximate surface area is 146 Å². The monoisotopic (exact) mass is 326 g/mol. The standard InChI is InChI=1S/C22H18N2O/c1-25-20-13-10-17(11-14-20)9-12-19-16-18-6-2-3-7-21(18)24(19)22-8-4-5-15-23-22/h2-16H,1H3/b12-9+. The number of pyridine rings is 1. The maximum absolute atomic E-state index is 5.21. The van der Waals surface area contributed by atoms with E-state index in [-0.39, 0.29) is 0 Å². The average Bonchev–Trinajstić information content (AvgIpc) is 3.06. The minimum Gasteiger partial charge on any atom is -0.497 e. The van der Waals surface area contributed by atoms with Gasteiger partial charge >= 0.3 is 0 Å². The lowest BCUT2D eigenvalue weighted by Crippen LogP contribution is -1.98. The topological polar surface area (TPSA) is 27.1 Å². The summed E-state index contributed by atoms with van der Waals surface area (Å²) in [4.78, 5) is 4.52. The van der Waals surface area contributed by atoms with Gasteiger partial charge in [0.25, 0.3) is 0 Å². The first-order valence-corrected chi connectivity index (χ1v) is 8.19. The third kappa shape index (κ3) is 3.04. The molecule has 25 heavy (non-hydrogen) atoms. The van der Waals surface area contributed by atoms with Crippen molar-refractivity contribution in [1.82, 2.24) is 9.55 Å². The van der Waals surface area contributed by atoms with E-state index >= 15 is 0 Å². The quantitative estimate of drug-likeness (QED) is 0.515. The third-order valence-electron chi connectivity index (χ3n) is 4.18. The van der Waals surface area contributed by atoms with Crippen LogP contribution in [0.1, 0.15) is 11.3 Å². The molecule has 0 aliphatic carbocycles. The molecule has 0 spiro atoms. The van der Waals surface area contributed by atoms with E-state index in [1.54, 1.807) is 7.11 Å². The van der Waals surface area contributed by atoms with Crippen molar-refractivity contribution < 1.29 is 4.74 Å². The Morgan fingerprint density at radius 1 is 0.880 bits per heavy atom. The molecule has 2 aromatic carbocycles. The van der Waals surface area contributed by atoms with Crippen molar-refractivity contribution in [1.29, 1.82) is 0 Å². The SMILES string of the molecule is COc1ccc(/C=C/c2cc3ccccc3n2-c2ccccn2)cc1. The molecule has 4 aromatic rings. The maximum atomic E-state index is 5.21. The number of ether oxygens (including phenoxy) is 1. The van der Waals surface area contributed by atoms with E-state index in [1.165, 1.54) is 5.39 Å². The minimum atomic E-state index is 0.861. The van der Waals surface area contributed by atoms with Gasteiger partial charge in [-0.05, 0) is 48.0 Å². The summed E-state index contributed by atoms with van der Waals surface area (Å²) >= 11 is 0. The van der Waals surface area contributed by atoms with E-state index in [4.69, 9.17) is 4.74 Å². The lowest BCUT2D eigenvalue weighted by atomic mass is 10.2. The molecule has 3 heteroatoms. The number of rotatable bonds is 4. The number of para-hydroxylation sites is 1. The molecule has 3 nitrogen and oxygen atoms in total. The first-order valence-electron chi connectivity index (χ1n) is 8.19. The molecule has 0 bridgehead atoms. The number of nitrogens with zero attached hydrogens (tertiary/aromatic N) is 2. The van der Waals surface area contributed by atoms with Gasteiger partial charge in [0.1, 0.15) is 11.6 Å². The Kier molecular flexibility index (Phi) is 4.05. The number of benzene rings is 2. The van der Waals surface area contributed by atoms with E-state index in [2.05, 4.69) is 52.0 Å². The van der Waals surface area contributed by atoms with Gasteiger partial charge in [0.05, 0.1) is 12.6 Å². The van der Waals surface area contributed by atoms with Crippen LogP contribution in [0.15, 0.2) is 79.0 Å². The van der Waals surface area contributed by atoms with Crippen molar-refractivity contribution in [2.75, 3.05) is 7.11 Å². The van der Waals surface area contributed by atoms with Crippen LogP contribution in [0.25, 0.3) is 28.9 Å². The first kappa shape index (κ1) is 15.2. The number of fused-ring (bicyclic) bond motifs is 1. The lowest BCUT2D eigenvalue weighted by molar-refractivity contribution is 0.415. The Morgan fingerprint density at radius 2 is 1.68 bits per heavy atom. The van der Waals surface area contributed by atoms with Crippen molar-refractivity contribution in [2.24, 2.45) is 0 Å². The summed E-state index contributed by atoms with van der Waals surface area (Å²) in [7, 11) is 1.68. The number of aromatic nitrogens is 2. The number of methoxy groups -OCH3 is 1. The molecule has 0 aliphatic rings. The molecule has 0 atom stereocenters. The maximum Gasteiger partial charge on any atom is 0.137 e. The van der Waals surface area contributed by atoms with E-state index < -0.39 is 0 Å². The molecule has 122 valence electrons.